The third kappa shape index (κ3) is 7.74. The van der Waals surface area contributed by atoms with Crippen molar-refractivity contribution in [2.75, 3.05) is 43.1 Å². The highest BCUT2D eigenvalue weighted by Gasteiger charge is 2.29. The number of hydrogen-bond acceptors (Lipinski definition) is 9. The van der Waals surface area contributed by atoms with Crippen molar-refractivity contribution in [3.05, 3.63) is 83.7 Å². The fourth-order valence-corrected chi connectivity index (χ4v) is 7.62. The average molecular weight is 688 g/mol. The lowest BCUT2D eigenvalue weighted by molar-refractivity contribution is -0.111. The Kier molecular flexibility index (Phi) is 10.6. The van der Waals surface area contributed by atoms with Gasteiger partial charge in [0.05, 0.1) is 18.0 Å². The van der Waals surface area contributed by atoms with Crippen LogP contribution in [-0.4, -0.2) is 68.2 Å². The second-order valence-corrected chi connectivity index (χ2v) is 14.2. The van der Waals surface area contributed by atoms with Gasteiger partial charge in [-0.25, -0.2) is 0 Å². The number of amides is 1. The second kappa shape index (κ2) is 15.6. The molecule has 4 heterocycles. The number of carbonyl (C=O) groups is 1. The van der Waals surface area contributed by atoms with Crippen molar-refractivity contribution in [3.63, 3.8) is 0 Å². The van der Waals surface area contributed by atoms with Gasteiger partial charge in [-0.2, -0.15) is 19.6 Å². The van der Waals surface area contributed by atoms with E-state index < -0.39 is 0 Å². The maximum absolute atomic E-state index is 13.0. The minimum Gasteiger partial charge on any atom is -0.381 e. The second-order valence-electron chi connectivity index (χ2n) is 14.2. The number of rotatable bonds is 11. The van der Waals surface area contributed by atoms with Gasteiger partial charge in [0.25, 0.3) is 0 Å². The van der Waals surface area contributed by atoms with E-state index in [-0.39, 0.29) is 29.8 Å². The molecule has 2 atom stereocenters. The number of nitrogens with zero attached hydrogens (tertiary/aromatic N) is 6. The number of nitrogens with one attached hydrogen (secondary N) is 2. The van der Waals surface area contributed by atoms with Crippen LogP contribution in [0.25, 0.3) is 27.7 Å². The monoisotopic (exact) mass is 687 g/mol. The van der Waals surface area contributed by atoms with Crippen LogP contribution in [0.5, 0.6) is 0 Å². The number of ether oxygens (including phenoxy) is 1. The molecule has 11 heteroatoms. The molecule has 266 valence electrons. The van der Waals surface area contributed by atoms with Crippen molar-refractivity contribution in [2.24, 2.45) is 0 Å². The molecule has 1 unspecified atom stereocenters. The third-order valence-corrected chi connectivity index (χ3v) is 10.3. The lowest BCUT2D eigenvalue weighted by atomic mass is 9.83. The first-order valence-electron chi connectivity index (χ1n) is 18.4. The fourth-order valence-electron chi connectivity index (χ4n) is 7.62. The van der Waals surface area contributed by atoms with Crippen molar-refractivity contribution in [2.45, 2.75) is 83.3 Å². The zero-order valence-corrected chi connectivity index (χ0v) is 29.9. The Morgan fingerprint density at radius 3 is 2.67 bits per heavy atom. The topological polar surface area (TPSA) is 136 Å². The molecular weight excluding hydrogens is 639 g/mol. The number of nitrogen functional groups attached to an aromatic ring is 1. The lowest BCUT2D eigenvalue weighted by Gasteiger charge is -2.30. The van der Waals surface area contributed by atoms with Crippen LogP contribution in [-0.2, 0) is 16.1 Å². The highest BCUT2D eigenvalue weighted by molar-refractivity contribution is 6.02. The number of nitrogens with two attached hydrogens (primary N) is 1. The quantitative estimate of drug-likeness (QED) is 0.122. The zero-order valence-electron chi connectivity index (χ0n) is 29.9. The SMILES string of the molecule is CO[C@@H]1CCCCC1c1cc2cc(NC(=O)/C=C/CN3CCCCC3)ccc2c(-c2ccccc2CNc2nc(N)nc3c(C(C)C)cnn23)n1. The van der Waals surface area contributed by atoms with Crippen LogP contribution in [0.3, 0.4) is 0 Å². The summed E-state index contributed by atoms with van der Waals surface area (Å²) in [4.78, 5) is 29.7. The first-order chi connectivity index (χ1) is 24.9. The van der Waals surface area contributed by atoms with Crippen molar-refractivity contribution >= 4 is 39.9 Å². The van der Waals surface area contributed by atoms with Gasteiger partial charge in [-0.05, 0) is 73.8 Å². The van der Waals surface area contributed by atoms with E-state index in [0.29, 0.717) is 18.1 Å². The molecule has 2 aliphatic rings. The molecule has 1 aliphatic heterocycles. The minimum atomic E-state index is -0.124. The maximum atomic E-state index is 13.0. The van der Waals surface area contributed by atoms with Crippen molar-refractivity contribution in [1.29, 1.82) is 0 Å². The number of carbonyl (C=O) groups excluding carboxylic acids is 1. The summed E-state index contributed by atoms with van der Waals surface area (Å²) in [6, 6.07) is 16.6. The van der Waals surface area contributed by atoms with Crippen LogP contribution in [0.1, 0.15) is 87.4 Å². The third-order valence-electron chi connectivity index (χ3n) is 10.3. The van der Waals surface area contributed by atoms with E-state index in [2.05, 4.69) is 74.8 Å². The Labute approximate surface area is 299 Å². The molecule has 5 aromatic rings. The van der Waals surface area contributed by atoms with E-state index in [1.165, 1.54) is 19.3 Å². The predicted molar refractivity (Wildman–Crippen MR) is 204 cm³/mol. The van der Waals surface area contributed by atoms with Gasteiger partial charge in [0.15, 0.2) is 5.65 Å². The summed E-state index contributed by atoms with van der Waals surface area (Å²) < 4.78 is 7.71. The Balaban J connectivity index is 1.22. The number of hydrogen-bond donors (Lipinski definition) is 3. The van der Waals surface area contributed by atoms with Crippen molar-refractivity contribution < 1.29 is 9.53 Å². The molecule has 2 aromatic carbocycles. The normalized spacial score (nSPS) is 18.6. The Bertz CT molecular complexity index is 2030. The summed E-state index contributed by atoms with van der Waals surface area (Å²) in [7, 11) is 1.80. The predicted octanol–water partition coefficient (Wildman–Crippen LogP) is 7.31. The fraction of sp³-hybridized carbons (Fsp3) is 0.425. The van der Waals surface area contributed by atoms with Gasteiger partial charge in [0, 0.05) is 60.1 Å². The first kappa shape index (κ1) is 34.6. The number of benzene rings is 2. The van der Waals surface area contributed by atoms with E-state index in [9.17, 15) is 4.79 Å². The summed E-state index contributed by atoms with van der Waals surface area (Å²) in [5, 5.41) is 13.2. The number of piperidine rings is 1. The van der Waals surface area contributed by atoms with Gasteiger partial charge in [-0.3, -0.25) is 14.7 Å². The molecule has 1 saturated heterocycles. The van der Waals surface area contributed by atoms with Gasteiger partial charge in [0.1, 0.15) is 0 Å². The van der Waals surface area contributed by atoms with Crippen LogP contribution in [0, 0.1) is 0 Å². The molecule has 3 aromatic heterocycles. The van der Waals surface area contributed by atoms with E-state index in [4.69, 9.17) is 15.5 Å². The van der Waals surface area contributed by atoms with Crippen molar-refractivity contribution in [1.82, 2.24) is 29.5 Å². The lowest BCUT2D eigenvalue weighted by Crippen LogP contribution is -2.29. The number of likely N-dealkylation sites (tertiary alicyclic amines) is 1. The molecule has 0 spiro atoms. The largest absolute Gasteiger partial charge is 0.381 e. The number of fused-ring (bicyclic) bond motifs is 2. The smallest absolute Gasteiger partial charge is 0.248 e. The standard InChI is InChI=1S/C40H49N9O2/c1-26(2)33-25-43-49-38(33)46-39(41)47-40(49)42-24-27-12-5-6-13-30(27)37-31-18-17-29(44-36(50)16-11-21-48-19-9-4-10-20-48)22-28(31)23-34(45-37)32-14-7-8-15-35(32)51-3/h5-6,11-13,16-18,22-23,25-26,32,35H,4,7-10,14-15,19-21,24H2,1-3H3,(H,44,50)(H3,41,42,46,47)/b16-11+/t32?,35-/m1/s1. The Morgan fingerprint density at radius 2 is 1.84 bits per heavy atom. The maximum Gasteiger partial charge on any atom is 0.248 e. The van der Waals surface area contributed by atoms with Gasteiger partial charge < -0.3 is 21.1 Å². The summed E-state index contributed by atoms with van der Waals surface area (Å²) in [5.74, 6) is 1.03. The zero-order chi connectivity index (χ0) is 35.3. The van der Waals surface area contributed by atoms with Crippen LogP contribution >= 0.6 is 0 Å². The van der Waals surface area contributed by atoms with Crippen LogP contribution in [0.15, 0.2) is 66.9 Å². The molecule has 4 N–H and O–H groups in total. The Morgan fingerprint density at radius 1 is 1.02 bits per heavy atom. The van der Waals surface area contributed by atoms with E-state index in [0.717, 1.165) is 89.9 Å². The number of aromatic nitrogens is 5. The summed E-state index contributed by atoms with van der Waals surface area (Å²) in [6.45, 7) is 7.68. The Hall–Kier alpha value is -4.87. The van der Waals surface area contributed by atoms with Gasteiger partial charge in [-0.15, -0.1) is 0 Å². The first-order valence-corrected chi connectivity index (χ1v) is 18.4. The van der Waals surface area contributed by atoms with Gasteiger partial charge >= 0.3 is 0 Å². The van der Waals surface area contributed by atoms with Crippen LogP contribution < -0.4 is 16.4 Å². The van der Waals surface area contributed by atoms with Gasteiger partial charge in [-0.1, -0.05) is 69.5 Å². The van der Waals surface area contributed by atoms with E-state index in [1.54, 1.807) is 17.7 Å². The van der Waals surface area contributed by atoms with Gasteiger partial charge in [0.2, 0.25) is 17.8 Å². The number of methoxy groups -OCH3 is 1. The summed E-state index contributed by atoms with van der Waals surface area (Å²) >= 11 is 0. The minimum absolute atomic E-state index is 0.108. The van der Waals surface area contributed by atoms with Crippen LogP contribution in [0.4, 0.5) is 17.6 Å². The molecule has 1 aliphatic carbocycles. The van der Waals surface area contributed by atoms with Crippen molar-refractivity contribution in [3.8, 4) is 11.3 Å². The molecule has 51 heavy (non-hydrogen) atoms. The highest BCUT2D eigenvalue weighted by Crippen LogP contribution is 2.39. The molecule has 1 amide bonds. The molecule has 2 fully saturated rings. The summed E-state index contributed by atoms with van der Waals surface area (Å²) in [6.07, 6.45) is 13.6. The molecule has 0 radical (unpaired) electrons. The molecule has 11 nitrogen and oxygen atoms in total. The van der Waals surface area contributed by atoms with E-state index >= 15 is 0 Å². The number of anilines is 3. The molecule has 7 rings (SSSR count). The number of pyridine rings is 1. The average Bonchev–Trinajstić information content (AvgIpc) is 3.58. The summed E-state index contributed by atoms with van der Waals surface area (Å²) in [5.41, 5.74) is 12.6. The molecule has 0 bridgehead atoms. The molecular formula is C40H49N9O2. The molecule has 1 saturated carbocycles. The highest BCUT2D eigenvalue weighted by atomic mass is 16.5. The van der Waals surface area contributed by atoms with E-state index in [1.807, 2.05) is 30.5 Å². The van der Waals surface area contributed by atoms with Crippen LogP contribution in [0.2, 0.25) is 0 Å².